The molecule has 7 heteroatoms. The van der Waals surface area contributed by atoms with E-state index in [4.69, 9.17) is 5.73 Å². The molecule has 4 nitrogen and oxygen atoms in total. The van der Waals surface area contributed by atoms with E-state index in [1.807, 2.05) is 48.5 Å². The van der Waals surface area contributed by atoms with E-state index in [9.17, 15) is 4.79 Å². The Bertz CT molecular complexity index is 702. The number of nitrogens with two attached hydrogens (primary N) is 1. The number of hydrogen-bond acceptors (Lipinski definition) is 3. The highest BCUT2D eigenvalue weighted by Gasteiger charge is 2.26. The van der Waals surface area contributed by atoms with Crippen molar-refractivity contribution in [3.8, 4) is 0 Å². The van der Waals surface area contributed by atoms with Gasteiger partial charge in [-0.1, -0.05) is 42.5 Å². The summed E-state index contributed by atoms with van der Waals surface area (Å²) in [5.74, 6) is -0.0715. The fourth-order valence-electron chi connectivity index (χ4n) is 3.07. The number of anilines is 1. The maximum Gasteiger partial charge on any atom is 0.237 e. The molecular formula is C19H24BrCl2N3O. The fraction of sp³-hybridized carbons (Fsp3) is 0.316. The molecule has 1 amide bonds. The van der Waals surface area contributed by atoms with Crippen LogP contribution in [0.15, 0.2) is 59.1 Å². The van der Waals surface area contributed by atoms with Crippen molar-refractivity contribution in [2.45, 2.75) is 24.9 Å². The SMILES string of the molecule is Cl.Cl.NC(Cc1ccccc1)C(=O)NC1CCN(c2ccccc2Br)C1. The highest BCUT2D eigenvalue weighted by atomic mass is 79.9. The summed E-state index contributed by atoms with van der Waals surface area (Å²) in [6, 6.07) is 17.7. The molecule has 1 heterocycles. The van der Waals surface area contributed by atoms with Crippen molar-refractivity contribution in [2.75, 3.05) is 18.0 Å². The Morgan fingerprint density at radius 1 is 1.15 bits per heavy atom. The minimum Gasteiger partial charge on any atom is -0.368 e. The van der Waals surface area contributed by atoms with Crippen molar-refractivity contribution in [3.63, 3.8) is 0 Å². The van der Waals surface area contributed by atoms with Gasteiger partial charge in [-0.15, -0.1) is 24.8 Å². The van der Waals surface area contributed by atoms with Crippen molar-refractivity contribution in [2.24, 2.45) is 5.73 Å². The Hall–Kier alpha value is -1.27. The van der Waals surface area contributed by atoms with E-state index in [1.165, 1.54) is 5.69 Å². The molecule has 2 aromatic carbocycles. The first kappa shape index (κ1) is 22.8. The van der Waals surface area contributed by atoms with Crippen LogP contribution < -0.4 is 16.0 Å². The van der Waals surface area contributed by atoms with Crippen molar-refractivity contribution >= 4 is 52.3 Å². The van der Waals surface area contributed by atoms with Crippen molar-refractivity contribution in [1.82, 2.24) is 5.32 Å². The number of amides is 1. The molecule has 26 heavy (non-hydrogen) atoms. The normalized spacial score (nSPS) is 17.0. The molecule has 0 aromatic heterocycles. The lowest BCUT2D eigenvalue weighted by Gasteiger charge is -2.21. The van der Waals surface area contributed by atoms with E-state index in [2.05, 4.69) is 32.2 Å². The molecule has 1 fully saturated rings. The number of nitrogens with zero attached hydrogens (tertiary/aromatic N) is 1. The number of benzene rings is 2. The zero-order valence-electron chi connectivity index (χ0n) is 14.3. The van der Waals surface area contributed by atoms with E-state index >= 15 is 0 Å². The lowest BCUT2D eigenvalue weighted by molar-refractivity contribution is -0.122. The summed E-state index contributed by atoms with van der Waals surface area (Å²) < 4.78 is 1.08. The third-order valence-electron chi connectivity index (χ3n) is 4.36. The standard InChI is InChI=1S/C19H22BrN3O.2ClH/c20-16-8-4-5-9-18(16)23-11-10-15(13-23)22-19(24)17(21)12-14-6-2-1-3-7-14;;/h1-9,15,17H,10-13,21H2,(H,22,24);2*1H. The fourth-order valence-corrected chi connectivity index (χ4v) is 3.61. The Labute approximate surface area is 175 Å². The predicted octanol–water partition coefficient (Wildman–Crippen LogP) is 3.56. The van der Waals surface area contributed by atoms with E-state index in [-0.39, 0.29) is 36.8 Å². The molecular weight excluding hydrogens is 437 g/mol. The van der Waals surface area contributed by atoms with E-state index < -0.39 is 6.04 Å². The largest absolute Gasteiger partial charge is 0.368 e. The van der Waals surface area contributed by atoms with Gasteiger partial charge in [0.15, 0.2) is 0 Å². The second kappa shape index (κ2) is 10.8. The van der Waals surface area contributed by atoms with Crippen molar-refractivity contribution in [1.29, 1.82) is 0 Å². The Kier molecular flexibility index (Phi) is 9.44. The van der Waals surface area contributed by atoms with Crippen LogP contribution in [0.4, 0.5) is 5.69 Å². The van der Waals surface area contributed by atoms with Crippen molar-refractivity contribution in [3.05, 3.63) is 64.6 Å². The van der Waals surface area contributed by atoms with Gasteiger partial charge >= 0.3 is 0 Å². The van der Waals surface area contributed by atoms with Gasteiger partial charge in [0, 0.05) is 23.6 Å². The third-order valence-corrected chi connectivity index (χ3v) is 5.03. The highest BCUT2D eigenvalue weighted by Crippen LogP contribution is 2.28. The predicted molar refractivity (Wildman–Crippen MR) is 116 cm³/mol. The van der Waals surface area contributed by atoms with Crippen LogP contribution in [0.3, 0.4) is 0 Å². The zero-order valence-corrected chi connectivity index (χ0v) is 17.5. The smallest absolute Gasteiger partial charge is 0.237 e. The van der Waals surface area contributed by atoms with Crippen LogP contribution in [0.25, 0.3) is 0 Å². The minimum absolute atomic E-state index is 0. The minimum atomic E-state index is -0.509. The summed E-state index contributed by atoms with van der Waals surface area (Å²) in [5.41, 5.74) is 8.32. The highest BCUT2D eigenvalue weighted by molar-refractivity contribution is 9.10. The topological polar surface area (TPSA) is 58.4 Å². The van der Waals surface area contributed by atoms with Gasteiger partial charge in [-0.05, 0) is 46.5 Å². The second-order valence-electron chi connectivity index (χ2n) is 6.19. The Balaban J connectivity index is 0.00000169. The second-order valence-corrected chi connectivity index (χ2v) is 7.04. The molecule has 2 aromatic rings. The monoisotopic (exact) mass is 459 g/mol. The summed E-state index contributed by atoms with van der Waals surface area (Å²) >= 11 is 3.59. The number of para-hydroxylation sites is 1. The molecule has 2 atom stereocenters. The first-order valence-electron chi connectivity index (χ1n) is 8.23. The summed E-state index contributed by atoms with van der Waals surface area (Å²) in [6.07, 6.45) is 1.50. The van der Waals surface area contributed by atoms with E-state index in [0.29, 0.717) is 6.42 Å². The molecule has 1 aliphatic rings. The van der Waals surface area contributed by atoms with Crippen LogP contribution in [0.2, 0.25) is 0 Å². The van der Waals surface area contributed by atoms with Gasteiger partial charge < -0.3 is 16.0 Å². The average molecular weight is 461 g/mol. The van der Waals surface area contributed by atoms with Gasteiger partial charge in [-0.2, -0.15) is 0 Å². The van der Waals surface area contributed by atoms with E-state index in [1.54, 1.807) is 0 Å². The summed E-state index contributed by atoms with van der Waals surface area (Å²) in [7, 11) is 0. The molecule has 2 unspecified atom stereocenters. The van der Waals surface area contributed by atoms with Gasteiger partial charge in [0.1, 0.15) is 0 Å². The number of carbonyl (C=O) groups is 1. The van der Waals surface area contributed by atoms with Gasteiger partial charge in [0.2, 0.25) is 5.91 Å². The lowest BCUT2D eigenvalue weighted by Crippen LogP contribution is -2.47. The number of rotatable bonds is 5. The quantitative estimate of drug-likeness (QED) is 0.717. The Morgan fingerprint density at radius 3 is 2.50 bits per heavy atom. The van der Waals surface area contributed by atoms with Crippen LogP contribution >= 0.6 is 40.7 Å². The Morgan fingerprint density at radius 2 is 1.81 bits per heavy atom. The van der Waals surface area contributed by atoms with Crippen LogP contribution in [-0.2, 0) is 11.2 Å². The molecule has 0 spiro atoms. The van der Waals surface area contributed by atoms with Crippen LogP contribution in [-0.4, -0.2) is 31.1 Å². The molecule has 3 N–H and O–H groups in total. The molecule has 3 rings (SSSR count). The lowest BCUT2D eigenvalue weighted by atomic mass is 10.1. The van der Waals surface area contributed by atoms with Gasteiger partial charge in [-0.25, -0.2) is 0 Å². The van der Waals surface area contributed by atoms with Crippen LogP contribution in [0.1, 0.15) is 12.0 Å². The zero-order chi connectivity index (χ0) is 16.9. The summed E-state index contributed by atoms with van der Waals surface area (Å²) in [4.78, 5) is 14.6. The molecule has 0 bridgehead atoms. The average Bonchev–Trinajstić information content (AvgIpc) is 3.04. The van der Waals surface area contributed by atoms with Crippen LogP contribution in [0.5, 0.6) is 0 Å². The number of hydrogen-bond donors (Lipinski definition) is 2. The summed E-state index contributed by atoms with van der Waals surface area (Å²) in [5, 5.41) is 3.10. The van der Waals surface area contributed by atoms with Gasteiger partial charge in [0.05, 0.1) is 11.7 Å². The first-order valence-corrected chi connectivity index (χ1v) is 9.02. The van der Waals surface area contributed by atoms with E-state index in [0.717, 1.165) is 29.5 Å². The molecule has 142 valence electrons. The van der Waals surface area contributed by atoms with Gasteiger partial charge in [-0.3, -0.25) is 4.79 Å². The molecule has 0 aliphatic carbocycles. The number of halogens is 3. The van der Waals surface area contributed by atoms with Gasteiger partial charge in [0.25, 0.3) is 0 Å². The maximum atomic E-state index is 12.3. The van der Waals surface area contributed by atoms with Crippen molar-refractivity contribution < 1.29 is 4.79 Å². The molecule has 0 saturated carbocycles. The number of nitrogens with one attached hydrogen (secondary N) is 1. The maximum absolute atomic E-state index is 12.3. The molecule has 1 aliphatic heterocycles. The first-order chi connectivity index (χ1) is 11.6. The van der Waals surface area contributed by atoms with Crippen LogP contribution in [0, 0.1) is 0 Å². The number of carbonyl (C=O) groups excluding carboxylic acids is 1. The third kappa shape index (κ3) is 5.88. The summed E-state index contributed by atoms with van der Waals surface area (Å²) in [6.45, 7) is 1.74. The molecule has 0 radical (unpaired) electrons. The molecule has 1 saturated heterocycles.